The summed E-state index contributed by atoms with van der Waals surface area (Å²) in [5.74, 6) is -1.07. The number of benzene rings is 1. The van der Waals surface area contributed by atoms with Crippen molar-refractivity contribution >= 4 is 22.7 Å². The van der Waals surface area contributed by atoms with Gasteiger partial charge in [-0.1, -0.05) is 6.92 Å². The van der Waals surface area contributed by atoms with Crippen molar-refractivity contribution in [3.8, 4) is 11.8 Å². The number of H-pyrrole nitrogens is 1. The highest BCUT2D eigenvalue weighted by molar-refractivity contribution is 6.06. The minimum absolute atomic E-state index is 0.0874. The van der Waals surface area contributed by atoms with Crippen LogP contribution in [-0.2, 0) is 0 Å². The number of carbonyl (C=O) groups is 2. The fraction of sp³-hybridized carbons (Fsp3) is 0.174. The van der Waals surface area contributed by atoms with Gasteiger partial charge in [-0.2, -0.15) is 10.4 Å². The van der Waals surface area contributed by atoms with Gasteiger partial charge < -0.3 is 15.6 Å². The molecule has 0 radical (unpaired) electrons. The Morgan fingerprint density at radius 2 is 2.00 bits per heavy atom. The SMILES string of the molecule is CCC(NC(=O)c1cncc2c1cnn2-c1ccc(F)cc1)c1cc(C(=O)NCC#N)c[nH]1. The normalized spacial score (nSPS) is 11.7. The zero-order valence-electron chi connectivity index (χ0n) is 17.7. The van der Waals surface area contributed by atoms with E-state index in [0.717, 1.165) is 0 Å². The van der Waals surface area contributed by atoms with Crippen molar-refractivity contribution < 1.29 is 14.0 Å². The van der Waals surface area contributed by atoms with Crippen molar-refractivity contribution in [1.82, 2.24) is 30.4 Å². The average Bonchev–Trinajstić information content (AvgIpc) is 3.49. The predicted octanol–water partition coefficient (Wildman–Crippen LogP) is 3.02. The minimum Gasteiger partial charge on any atom is -0.363 e. The summed E-state index contributed by atoms with van der Waals surface area (Å²) in [6, 6.07) is 8.99. The second kappa shape index (κ2) is 9.32. The van der Waals surface area contributed by atoms with Crippen molar-refractivity contribution in [1.29, 1.82) is 5.26 Å². The van der Waals surface area contributed by atoms with Gasteiger partial charge in [-0.15, -0.1) is 0 Å². The molecule has 3 N–H and O–H groups in total. The Bertz CT molecular complexity index is 1350. The van der Waals surface area contributed by atoms with E-state index in [0.29, 0.717) is 39.8 Å². The number of fused-ring (bicyclic) bond motifs is 1. The predicted molar refractivity (Wildman–Crippen MR) is 118 cm³/mol. The van der Waals surface area contributed by atoms with Crippen molar-refractivity contribution in [2.24, 2.45) is 0 Å². The van der Waals surface area contributed by atoms with Crippen LogP contribution < -0.4 is 10.6 Å². The summed E-state index contributed by atoms with van der Waals surface area (Å²) in [5.41, 5.74) is 2.63. The quantitative estimate of drug-likeness (QED) is 0.377. The van der Waals surface area contributed by atoms with Gasteiger partial charge in [0, 0.05) is 23.5 Å². The Labute approximate surface area is 188 Å². The van der Waals surface area contributed by atoms with Gasteiger partial charge in [0.15, 0.2) is 0 Å². The number of nitrogens with zero attached hydrogens (tertiary/aromatic N) is 4. The van der Waals surface area contributed by atoms with Crippen LogP contribution in [0.1, 0.15) is 45.8 Å². The zero-order chi connectivity index (χ0) is 23.4. The molecule has 0 spiro atoms. The highest BCUT2D eigenvalue weighted by Gasteiger charge is 2.20. The molecule has 33 heavy (non-hydrogen) atoms. The molecule has 1 atom stereocenters. The number of hydrogen-bond acceptors (Lipinski definition) is 5. The third-order valence-corrected chi connectivity index (χ3v) is 5.20. The first-order valence-electron chi connectivity index (χ1n) is 10.2. The number of nitriles is 1. The number of hydrogen-bond donors (Lipinski definition) is 3. The molecule has 1 aromatic carbocycles. The Kier molecular flexibility index (Phi) is 6.13. The molecule has 0 aliphatic heterocycles. The van der Waals surface area contributed by atoms with Gasteiger partial charge >= 0.3 is 0 Å². The number of aromatic amines is 1. The fourth-order valence-electron chi connectivity index (χ4n) is 3.51. The van der Waals surface area contributed by atoms with E-state index in [1.54, 1.807) is 35.3 Å². The van der Waals surface area contributed by atoms with Crippen LogP contribution in [0.25, 0.3) is 16.6 Å². The molecule has 166 valence electrons. The molecule has 0 saturated carbocycles. The molecule has 10 heteroatoms. The second-order valence-electron chi connectivity index (χ2n) is 7.27. The zero-order valence-corrected chi connectivity index (χ0v) is 17.7. The Morgan fingerprint density at radius 3 is 2.73 bits per heavy atom. The van der Waals surface area contributed by atoms with Crippen LogP contribution in [0.2, 0.25) is 0 Å². The van der Waals surface area contributed by atoms with E-state index in [9.17, 15) is 14.0 Å². The van der Waals surface area contributed by atoms with E-state index in [2.05, 4.69) is 25.7 Å². The van der Waals surface area contributed by atoms with Crippen LogP contribution in [0, 0.1) is 17.1 Å². The lowest BCUT2D eigenvalue weighted by Crippen LogP contribution is -2.28. The molecule has 1 unspecified atom stereocenters. The maximum atomic E-state index is 13.3. The second-order valence-corrected chi connectivity index (χ2v) is 7.27. The van der Waals surface area contributed by atoms with Crippen molar-refractivity contribution in [2.75, 3.05) is 6.54 Å². The molecule has 0 saturated heterocycles. The van der Waals surface area contributed by atoms with E-state index in [1.807, 2.05) is 13.0 Å². The lowest BCUT2D eigenvalue weighted by Gasteiger charge is -2.16. The smallest absolute Gasteiger partial charge is 0.254 e. The number of rotatable bonds is 7. The summed E-state index contributed by atoms with van der Waals surface area (Å²) < 4.78 is 14.9. The number of pyridine rings is 1. The summed E-state index contributed by atoms with van der Waals surface area (Å²) in [4.78, 5) is 32.4. The summed E-state index contributed by atoms with van der Waals surface area (Å²) >= 11 is 0. The number of halogens is 1. The van der Waals surface area contributed by atoms with Gasteiger partial charge in [0.1, 0.15) is 12.4 Å². The molecule has 2 amide bonds. The molecule has 0 aliphatic rings. The Hall–Kier alpha value is -4.52. The lowest BCUT2D eigenvalue weighted by molar-refractivity contribution is 0.0934. The van der Waals surface area contributed by atoms with Gasteiger partial charge in [-0.05, 0) is 36.8 Å². The van der Waals surface area contributed by atoms with E-state index in [-0.39, 0.29) is 30.2 Å². The molecule has 3 heterocycles. The standard InChI is InChI=1S/C23H20FN7O2/c1-2-19(20-9-14(10-28-20)22(32)27-8-7-25)30-23(33)18-11-26-13-21-17(18)12-29-31(21)16-5-3-15(24)4-6-16/h3-6,9-13,19,28H,2,8H2,1H3,(H,27,32)(H,30,33). The van der Waals surface area contributed by atoms with Gasteiger partial charge in [0.25, 0.3) is 11.8 Å². The number of aromatic nitrogens is 4. The van der Waals surface area contributed by atoms with Gasteiger partial charge in [0.2, 0.25) is 0 Å². The molecular weight excluding hydrogens is 425 g/mol. The van der Waals surface area contributed by atoms with Crippen molar-refractivity contribution in [2.45, 2.75) is 19.4 Å². The van der Waals surface area contributed by atoms with E-state index in [4.69, 9.17) is 5.26 Å². The van der Waals surface area contributed by atoms with Gasteiger partial charge in [0.05, 0.1) is 46.8 Å². The number of nitrogens with one attached hydrogen (secondary N) is 3. The molecule has 4 aromatic rings. The highest BCUT2D eigenvalue weighted by Crippen LogP contribution is 2.23. The third-order valence-electron chi connectivity index (χ3n) is 5.20. The third kappa shape index (κ3) is 4.43. The van der Waals surface area contributed by atoms with Crippen LogP contribution in [0.5, 0.6) is 0 Å². The Balaban J connectivity index is 1.57. The maximum Gasteiger partial charge on any atom is 0.254 e. The maximum absolute atomic E-state index is 13.3. The van der Waals surface area contributed by atoms with Crippen molar-refractivity contribution in [3.05, 3.63) is 77.8 Å². The van der Waals surface area contributed by atoms with Gasteiger partial charge in [-0.3, -0.25) is 14.6 Å². The van der Waals surface area contributed by atoms with E-state index in [1.165, 1.54) is 24.5 Å². The first-order chi connectivity index (χ1) is 16.0. The molecular formula is C23H20FN7O2. The topological polar surface area (TPSA) is 128 Å². The molecule has 3 aromatic heterocycles. The summed E-state index contributed by atoms with van der Waals surface area (Å²) in [5, 5.41) is 19.0. The van der Waals surface area contributed by atoms with E-state index >= 15 is 0 Å². The largest absolute Gasteiger partial charge is 0.363 e. The van der Waals surface area contributed by atoms with Crippen LogP contribution in [0.15, 0.2) is 55.1 Å². The van der Waals surface area contributed by atoms with Crippen LogP contribution >= 0.6 is 0 Å². The number of amides is 2. The van der Waals surface area contributed by atoms with Crippen LogP contribution in [0.4, 0.5) is 4.39 Å². The molecule has 0 bridgehead atoms. The average molecular weight is 445 g/mol. The van der Waals surface area contributed by atoms with Crippen molar-refractivity contribution in [3.63, 3.8) is 0 Å². The van der Waals surface area contributed by atoms with E-state index < -0.39 is 0 Å². The van der Waals surface area contributed by atoms with Crippen LogP contribution in [-0.4, -0.2) is 38.1 Å². The lowest BCUT2D eigenvalue weighted by atomic mass is 10.1. The van der Waals surface area contributed by atoms with Gasteiger partial charge in [-0.25, -0.2) is 9.07 Å². The fourth-order valence-corrected chi connectivity index (χ4v) is 3.51. The monoisotopic (exact) mass is 445 g/mol. The molecule has 0 fully saturated rings. The summed E-state index contributed by atoms with van der Waals surface area (Å²) in [6.45, 7) is 1.82. The first-order valence-corrected chi connectivity index (χ1v) is 10.2. The Morgan fingerprint density at radius 1 is 1.21 bits per heavy atom. The molecule has 0 aliphatic carbocycles. The molecule has 9 nitrogen and oxygen atoms in total. The minimum atomic E-state index is -0.377. The summed E-state index contributed by atoms with van der Waals surface area (Å²) in [6.07, 6.45) is 6.74. The molecule has 4 rings (SSSR count). The number of carbonyl (C=O) groups excluding carboxylic acids is 2. The van der Waals surface area contributed by atoms with Crippen LogP contribution in [0.3, 0.4) is 0 Å². The first kappa shape index (κ1) is 21.7. The highest BCUT2D eigenvalue weighted by atomic mass is 19.1. The summed E-state index contributed by atoms with van der Waals surface area (Å²) in [7, 11) is 0.